The lowest BCUT2D eigenvalue weighted by atomic mass is 9.85. The quantitative estimate of drug-likeness (QED) is 0.645. The van der Waals surface area contributed by atoms with Crippen LogP contribution >= 0.6 is 0 Å². The molecule has 11 heavy (non-hydrogen) atoms. The predicted molar refractivity (Wildman–Crippen MR) is 49.6 cm³/mol. The highest BCUT2D eigenvalue weighted by Crippen LogP contribution is 2.25. The second-order valence-corrected chi connectivity index (χ2v) is 4.35. The average Bonchev–Trinajstić information content (AvgIpc) is 2.33. The van der Waals surface area contributed by atoms with Crippen LogP contribution in [-0.4, -0.2) is 12.6 Å². The summed E-state index contributed by atoms with van der Waals surface area (Å²) in [6.07, 6.45) is 1.36. The van der Waals surface area contributed by atoms with Gasteiger partial charge in [-0.3, -0.25) is 0 Å². The lowest BCUT2D eigenvalue weighted by Crippen LogP contribution is -2.35. The molecule has 0 aromatic heterocycles. The van der Waals surface area contributed by atoms with E-state index in [9.17, 15) is 0 Å². The van der Waals surface area contributed by atoms with Gasteiger partial charge < -0.3 is 5.32 Å². The molecule has 1 heteroatoms. The summed E-state index contributed by atoms with van der Waals surface area (Å²) in [4.78, 5) is 0. The molecule has 1 aliphatic rings. The Bertz CT molecular complexity index is 120. The van der Waals surface area contributed by atoms with Crippen LogP contribution in [0.15, 0.2) is 0 Å². The summed E-state index contributed by atoms with van der Waals surface area (Å²) in [5.41, 5.74) is 0. The van der Waals surface area contributed by atoms with E-state index >= 15 is 0 Å². The molecular formula is C10H21N. The molecule has 66 valence electrons. The standard InChI is InChI=1S/C10H21N/c1-7(2)9(4)10-8(3)5-6-11-10/h7-11H,5-6H2,1-4H3. The van der Waals surface area contributed by atoms with Crippen LogP contribution < -0.4 is 5.32 Å². The van der Waals surface area contributed by atoms with Crippen molar-refractivity contribution >= 4 is 0 Å². The first-order valence-electron chi connectivity index (χ1n) is 4.86. The minimum absolute atomic E-state index is 0.773. The van der Waals surface area contributed by atoms with Gasteiger partial charge in [0.05, 0.1) is 0 Å². The van der Waals surface area contributed by atoms with Gasteiger partial charge in [-0.1, -0.05) is 27.7 Å². The molecule has 0 saturated carbocycles. The van der Waals surface area contributed by atoms with E-state index in [4.69, 9.17) is 0 Å². The summed E-state index contributed by atoms with van der Waals surface area (Å²) in [5, 5.41) is 3.59. The lowest BCUT2D eigenvalue weighted by Gasteiger charge is -2.26. The van der Waals surface area contributed by atoms with Crippen molar-refractivity contribution in [3.05, 3.63) is 0 Å². The first-order chi connectivity index (χ1) is 5.13. The van der Waals surface area contributed by atoms with Crippen molar-refractivity contribution in [2.45, 2.75) is 40.2 Å². The lowest BCUT2D eigenvalue weighted by molar-refractivity contribution is 0.281. The van der Waals surface area contributed by atoms with Gasteiger partial charge in [-0.2, -0.15) is 0 Å². The molecule has 1 N–H and O–H groups in total. The molecule has 0 aromatic carbocycles. The molecule has 1 fully saturated rings. The molecule has 0 amide bonds. The first kappa shape index (κ1) is 9.05. The van der Waals surface area contributed by atoms with Crippen LogP contribution in [-0.2, 0) is 0 Å². The zero-order chi connectivity index (χ0) is 8.43. The fourth-order valence-corrected chi connectivity index (χ4v) is 1.98. The zero-order valence-electron chi connectivity index (χ0n) is 8.22. The van der Waals surface area contributed by atoms with Gasteiger partial charge in [-0.05, 0) is 30.7 Å². The molecule has 0 aliphatic carbocycles. The van der Waals surface area contributed by atoms with Gasteiger partial charge in [-0.15, -0.1) is 0 Å². The van der Waals surface area contributed by atoms with Crippen molar-refractivity contribution in [2.75, 3.05) is 6.54 Å². The van der Waals surface area contributed by atoms with Crippen LogP contribution in [0.1, 0.15) is 34.1 Å². The summed E-state index contributed by atoms with van der Waals surface area (Å²) >= 11 is 0. The minimum atomic E-state index is 0.773. The third kappa shape index (κ3) is 1.96. The fraction of sp³-hybridized carbons (Fsp3) is 1.00. The third-order valence-electron chi connectivity index (χ3n) is 3.21. The molecule has 1 nitrogen and oxygen atoms in total. The van der Waals surface area contributed by atoms with E-state index in [1.165, 1.54) is 13.0 Å². The zero-order valence-corrected chi connectivity index (χ0v) is 8.22. The normalized spacial score (nSPS) is 34.6. The van der Waals surface area contributed by atoms with E-state index in [-0.39, 0.29) is 0 Å². The van der Waals surface area contributed by atoms with Gasteiger partial charge in [0.2, 0.25) is 0 Å². The molecule has 1 aliphatic heterocycles. The Morgan fingerprint density at radius 2 is 1.91 bits per heavy atom. The number of hydrogen-bond donors (Lipinski definition) is 1. The highest BCUT2D eigenvalue weighted by Gasteiger charge is 2.28. The van der Waals surface area contributed by atoms with Gasteiger partial charge in [0.15, 0.2) is 0 Å². The molecule has 1 heterocycles. The first-order valence-corrected chi connectivity index (χ1v) is 4.86. The number of rotatable bonds is 2. The van der Waals surface area contributed by atoms with Crippen molar-refractivity contribution < 1.29 is 0 Å². The maximum Gasteiger partial charge on any atom is 0.0121 e. The summed E-state index contributed by atoms with van der Waals surface area (Å²) in [6, 6.07) is 0.773. The fourth-order valence-electron chi connectivity index (χ4n) is 1.98. The molecule has 1 rings (SSSR count). The highest BCUT2D eigenvalue weighted by atomic mass is 15.0. The summed E-state index contributed by atoms with van der Waals surface area (Å²) < 4.78 is 0. The maximum atomic E-state index is 3.59. The van der Waals surface area contributed by atoms with Gasteiger partial charge >= 0.3 is 0 Å². The minimum Gasteiger partial charge on any atom is -0.313 e. The van der Waals surface area contributed by atoms with Crippen molar-refractivity contribution in [2.24, 2.45) is 17.8 Å². The Balaban J connectivity index is 2.45. The van der Waals surface area contributed by atoms with Crippen LogP contribution in [0.3, 0.4) is 0 Å². The van der Waals surface area contributed by atoms with Gasteiger partial charge in [0.1, 0.15) is 0 Å². The molecule has 0 radical (unpaired) electrons. The molecule has 0 aromatic rings. The van der Waals surface area contributed by atoms with Crippen LogP contribution in [0.4, 0.5) is 0 Å². The summed E-state index contributed by atoms with van der Waals surface area (Å²) in [7, 11) is 0. The molecule has 1 saturated heterocycles. The average molecular weight is 155 g/mol. The Labute approximate surface area is 70.6 Å². The van der Waals surface area contributed by atoms with Crippen LogP contribution in [0, 0.1) is 17.8 Å². The number of nitrogens with one attached hydrogen (secondary N) is 1. The second-order valence-electron chi connectivity index (χ2n) is 4.35. The van der Waals surface area contributed by atoms with Gasteiger partial charge in [0.25, 0.3) is 0 Å². The monoisotopic (exact) mass is 155 g/mol. The van der Waals surface area contributed by atoms with Crippen LogP contribution in [0.2, 0.25) is 0 Å². The Morgan fingerprint density at radius 3 is 2.27 bits per heavy atom. The van der Waals surface area contributed by atoms with Crippen molar-refractivity contribution in [1.82, 2.24) is 5.32 Å². The largest absolute Gasteiger partial charge is 0.313 e. The van der Waals surface area contributed by atoms with Crippen LogP contribution in [0.25, 0.3) is 0 Å². The molecule has 3 atom stereocenters. The topological polar surface area (TPSA) is 12.0 Å². The SMILES string of the molecule is CC(C)C(C)C1NCCC1C. The highest BCUT2D eigenvalue weighted by molar-refractivity contribution is 4.85. The van der Waals surface area contributed by atoms with E-state index in [0.717, 1.165) is 23.8 Å². The van der Waals surface area contributed by atoms with E-state index in [1.54, 1.807) is 0 Å². The van der Waals surface area contributed by atoms with Crippen LogP contribution in [0.5, 0.6) is 0 Å². The summed E-state index contributed by atoms with van der Waals surface area (Å²) in [5.74, 6) is 2.52. The number of hydrogen-bond acceptors (Lipinski definition) is 1. The Kier molecular flexibility index (Phi) is 2.94. The van der Waals surface area contributed by atoms with E-state index < -0.39 is 0 Å². The van der Waals surface area contributed by atoms with E-state index in [2.05, 4.69) is 33.0 Å². The van der Waals surface area contributed by atoms with Gasteiger partial charge in [-0.25, -0.2) is 0 Å². The summed E-state index contributed by atoms with van der Waals surface area (Å²) in [6.45, 7) is 10.6. The predicted octanol–water partition coefficient (Wildman–Crippen LogP) is 2.28. The second kappa shape index (κ2) is 3.57. The maximum absolute atomic E-state index is 3.59. The Morgan fingerprint density at radius 1 is 1.27 bits per heavy atom. The van der Waals surface area contributed by atoms with Crippen molar-refractivity contribution in [3.63, 3.8) is 0 Å². The molecule has 3 unspecified atom stereocenters. The van der Waals surface area contributed by atoms with E-state index in [0.29, 0.717) is 0 Å². The Hall–Kier alpha value is -0.0400. The van der Waals surface area contributed by atoms with E-state index in [1.807, 2.05) is 0 Å². The smallest absolute Gasteiger partial charge is 0.0121 e. The van der Waals surface area contributed by atoms with Crippen molar-refractivity contribution in [1.29, 1.82) is 0 Å². The molecular weight excluding hydrogens is 134 g/mol. The molecule has 0 bridgehead atoms. The van der Waals surface area contributed by atoms with Crippen molar-refractivity contribution in [3.8, 4) is 0 Å². The van der Waals surface area contributed by atoms with Gasteiger partial charge in [0, 0.05) is 6.04 Å². The molecule has 0 spiro atoms. The third-order valence-corrected chi connectivity index (χ3v) is 3.21.